The molecule has 1 aliphatic carbocycles. The molecule has 0 spiro atoms. The quantitative estimate of drug-likeness (QED) is 0.845. The van der Waals surface area contributed by atoms with Crippen LogP contribution in [0.5, 0.6) is 0 Å². The van der Waals surface area contributed by atoms with Crippen molar-refractivity contribution in [3.63, 3.8) is 0 Å². The van der Waals surface area contributed by atoms with Crippen molar-refractivity contribution < 1.29 is 22.7 Å². The van der Waals surface area contributed by atoms with Crippen LogP contribution in [-0.4, -0.2) is 50.0 Å². The SMILES string of the molecule is CN(C)S(=O)(=O)c1ccc(C(=O)N[C@@H]2CCCC[C@H]2O)o1. The molecule has 0 aliphatic heterocycles. The van der Waals surface area contributed by atoms with Gasteiger partial charge in [-0.05, 0) is 25.0 Å². The number of hydrogen-bond donors (Lipinski definition) is 2. The Labute approximate surface area is 124 Å². The fourth-order valence-electron chi connectivity index (χ4n) is 2.28. The molecule has 21 heavy (non-hydrogen) atoms. The number of sulfonamides is 1. The van der Waals surface area contributed by atoms with Crippen molar-refractivity contribution in [3.05, 3.63) is 17.9 Å². The third kappa shape index (κ3) is 3.45. The van der Waals surface area contributed by atoms with Gasteiger partial charge in [0.25, 0.3) is 15.9 Å². The number of hydrogen-bond acceptors (Lipinski definition) is 5. The van der Waals surface area contributed by atoms with Crippen LogP contribution in [0.4, 0.5) is 0 Å². The molecule has 7 nitrogen and oxygen atoms in total. The molecule has 8 heteroatoms. The van der Waals surface area contributed by atoms with E-state index < -0.39 is 22.0 Å². The van der Waals surface area contributed by atoms with Gasteiger partial charge in [-0.25, -0.2) is 12.7 Å². The Morgan fingerprint density at radius 1 is 1.33 bits per heavy atom. The summed E-state index contributed by atoms with van der Waals surface area (Å²) in [5.74, 6) is -0.589. The van der Waals surface area contributed by atoms with Crippen molar-refractivity contribution in [2.75, 3.05) is 14.1 Å². The van der Waals surface area contributed by atoms with E-state index in [9.17, 15) is 18.3 Å². The van der Waals surface area contributed by atoms with Crippen molar-refractivity contribution in [2.45, 2.75) is 42.9 Å². The molecule has 0 aromatic carbocycles. The number of rotatable bonds is 4. The monoisotopic (exact) mass is 316 g/mol. The molecule has 1 amide bonds. The molecular weight excluding hydrogens is 296 g/mol. The first-order valence-corrected chi connectivity index (χ1v) is 8.27. The largest absolute Gasteiger partial charge is 0.438 e. The Morgan fingerprint density at radius 2 is 2.00 bits per heavy atom. The lowest BCUT2D eigenvalue weighted by Crippen LogP contribution is -2.44. The minimum Gasteiger partial charge on any atom is -0.438 e. The van der Waals surface area contributed by atoms with E-state index in [1.165, 1.54) is 26.2 Å². The summed E-state index contributed by atoms with van der Waals surface area (Å²) in [4.78, 5) is 12.0. The first kappa shape index (κ1) is 16.0. The number of nitrogens with one attached hydrogen (secondary N) is 1. The molecule has 1 heterocycles. The zero-order chi connectivity index (χ0) is 15.6. The van der Waals surface area contributed by atoms with Gasteiger partial charge in [-0.15, -0.1) is 0 Å². The zero-order valence-corrected chi connectivity index (χ0v) is 12.9. The van der Waals surface area contributed by atoms with Gasteiger partial charge in [0, 0.05) is 14.1 Å². The fraction of sp³-hybridized carbons (Fsp3) is 0.615. The Bertz CT molecular complexity index is 608. The second kappa shape index (κ2) is 6.17. The van der Waals surface area contributed by atoms with Crippen LogP contribution in [0.1, 0.15) is 36.2 Å². The smallest absolute Gasteiger partial charge is 0.287 e. The van der Waals surface area contributed by atoms with Gasteiger partial charge in [0.1, 0.15) is 0 Å². The van der Waals surface area contributed by atoms with Crippen molar-refractivity contribution in [3.8, 4) is 0 Å². The lowest BCUT2D eigenvalue weighted by Gasteiger charge is -2.27. The van der Waals surface area contributed by atoms with Gasteiger partial charge in [0.2, 0.25) is 5.09 Å². The second-order valence-electron chi connectivity index (χ2n) is 5.34. The van der Waals surface area contributed by atoms with E-state index in [0.29, 0.717) is 12.8 Å². The first-order valence-electron chi connectivity index (χ1n) is 6.83. The van der Waals surface area contributed by atoms with Crippen LogP contribution in [-0.2, 0) is 10.0 Å². The average molecular weight is 316 g/mol. The van der Waals surface area contributed by atoms with Gasteiger partial charge in [-0.2, -0.15) is 0 Å². The third-order valence-corrected chi connectivity index (χ3v) is 5.28. The molecule has 1 saturated carbocycles. The maximum atomic E-state index is 12.0. The molecule has 2 rings (SSSR count). The molecule has 118 valence electrons. The number of aliphatic hydroxyl groups excluding tert-OH is 1. The van der Waals surface area contributed by atoms with E-state index in [1.54, 1.807) is 0 Å². The standard InChI is InChI=1S/C13H20N2O5S/c1-15(2)21(18,19)12-8-7-11(20-12)13(17)14-9-5-3-4-6-10(9)16/h7-10,16H,3-6H2,1-2H3,(H,14,17)/t9-,10-/m1/s1. The summed E-state index contributed by atoms with van der Waals surface area (Å²) in [5.41, 5.74) is 0. The molecule has 0 bridgehead atoms. The molecule has 0 radical (unpaired) electrons. The van der Waals surface area contributed by atoms with Crippen molar-refractivity contribution >= 4 is 15.9 Å². The summed E-state index contributed by atoms with van der Waals surface area (Å²) in [7, 11) is -0.926. The molecule has 1 fully saturated rings. The fourth-order valence-corrected chi connectivity index (χ4v) is 3.07. The number of aliphatic hydroxyl groups is 1. The summed E-state index contributed by atoms with van der Waals surface area (Å²) in [6, 6.07) is 2.26. The van der Waals surface area contributed by atoms with Gasteiger partial charge in [-0.3, -0.25) is 4.79 Å². The summed E-state index contributed by atoms with van der Waals surface area (Å²) >= 11 is 0. The van der Waals surface area contributed by atoms with Gasteiger partial charge < -0.3 is 14.8 Å². The number of amides is 1. The third-order valence-electron chi connectivity index (χ3n) is 3.59. The number of furan rings is 1. The molecule has 0 unspecified atom stereocenters. The molecular formula is C13H20N2O5S. The molecule has 1 aromatic rings. The van der Waals surface area contributed by atoms with Crippen LogP contribution >= 0.6 is 0 Å². The predicted octanol–water partition coefficient (Wildman–Crippen LogP) is 0.563. The van der Waals surface area contributed by atoms with Crippen LogP contribution in [0, 0.1) is 0 Å². The van der Waals surface area contributed by atoms with Crippen LogP contribution in [0.15, 0.2) is 21.6 Å². The summed E-state index contributed by atoms with van der Waals surface area (Å²) in [6.45, 7) is 0. The Hall–Kier alpha value is -1.38. The van der Waals surface area contributed by atoms with Crippen molar-refractivity contribution in [2.24, 2.45) is 0 Å². The van der Waals surface area contributed by atoms with Crippen LogP contribution in [0.2, 0.25) is 0 Å². The summed E-state index contributed by atoms with van der Waals surface area (Å²) < 4.78 is 29.9. The maximum absolute atomic E-state index is 12.0. The maximum Gasteiger partial charge on any atom is 0.287 e. The van der Waals surface area contributed by atoms with Crippen LogP contribution in [0.25, 0.3) is 0 Å². The Kier molecular flexibility index (Phi) is 4.70. The molecule has 1 aromatic heterocycles. The highest BCUT2D eigenvalue weighted by molar-refractivity contribution is 7.88. The summed E-state index contributed by atoms with van der Waals surface area (Å²) in [6.07, 6.45) is 2.68. The molecule has 1 aliphatic rings. The Balaban J connectivity index is 2.09. The van der Waals surface area contributed by atoms with Crippen LogP contribution in [0.3, 0.4) is 0 Å². The van der Waals surface area contributed by atoms with Gasteiger partial charge in [0.05, 0.1) is 12.1 Å². The lowest BCUT2D eigenvalue weighted by atomic mass is 9.92. The first-order chi connectivity index (χ1) is 9.82. The number of carbonyl (C=O) groups is 1. The second-order valence-corrected chi connectivity index (χ2v) is 7.42. The van der Waals surface area contributed by atoms with Crippen molar-refractivity contribution in [1.29, 1.82) is 0 Å². The highest BCUT2D eigenvalue weighted by Gasteiger charge is 2.27. The molecule has 0 saturated heterocycles. The highest BCUT2D eigenvalue weighted by atomic mass is 32.2. The van der Waals surface area contributed by atoms with E-state index in [1.807, 2.05) is 0 Å². The van der Waals surface area contributed by atoms with Crippen molar-refractivity contribution in [1.82, 2.24) is 9.62 Å². The summed E-state index contributed by atoms with van der Waals surface area (Å²) in [5, 5.41) is 12.2. The van der Waals surface area contributed by atoms with E-state index in [4.69, 9.17) is 4.42 Å². The minimum absolute atomic E-state index is 0.0757. The van der Waals surface area contributed by atoms with Gasteiger partial charge in [-0.1, -0.05) is 12.8 Å². The van der Waals surface area contributed by atoms with E-state index in [-0.39, 0.29) is 16.9 Å². The lowest BCUT2D eigenvalue weighted by molar-refractivity contribution is 0.0694. The van der Waals surface area contributed by atoms with E-state index in [2.05, 4.69) is 5.32 Å². The number of carbonyl (C=O) groups excluding carboxylic acids is 1. The molecule has 2 atom stereocenters. The van der Waals surface area contributed by atoms with Crippen LogP contribution < -0.4 is 5.32 Å². The van der Waals surface area contributed by atoms with E-state index in [0.717, 1.165) is 17.1 Å². The predicted molar refractivity (Wildman–Crippen MR) is 75.3 cm³/mol. The normalized spacial score (nSPS) is 23.2. The highest BCUT2D eigenvalue weighted by Crippen LogP contribution is 2.20. The zero-order valence-electron chi connectivity index (χ0n) is 12.1. The topological polar surface area (TPSA) is 99.9 Å². The van der Waals surface area contributed by atoms with Gasteiger partial charge in [0.15, 0.2) is 5.76 Å². The number of nitrogens with zero attached hydrogens (tertiary/aromatic N) is 1. The Morgan fingerprint density at radius 3 is 2.62 bits per heavy atom. The minimum atomic E-state index is -3.70. The van der Waals surface area contributed by atoms with Gasteiger partial charge >= 0.3 is 0 Å². The van der Waals surface area contributed by atoms with E-state index >= 15 is 0 Å². The molecule has 2 N–H and O–H groups in total. The average Bonchev–Trinajstić information content (AvgIpc) is 2.91.